The molecule has 1 saturated heterocycles. The molecule has 0 bridgehead atoms. The van der Waals surface area contributed by atoms with Crippen LogP contribution in [0.3, 0.4) is 0 Å². The standard InChI is InChI=1S/C10H18N2O3/c1-10(2,3)8(13)11-5-7-6-12(4)9(14)15-7/h7H,5-6H2,1-4H3,(H,11,13). The number of hydrogen-bond donors (Lipinski definition) is 1. The van der Waals surface area contributed by atoms with E-state index in [1.807, 2.05) is 20.8 Å². The lowest BCUT2D eigenvalue weighted by molar-refractivity contribution is -0.128. The number of carbonyl (C=O) groups is 2. The molecule has 86 valence electrons. The second kappa shape index (κ2) is 4.08. The zero-order valence-electron chi connectivity index (χ0n) is 9.66. The Morgan fingerprint density at radius 3 is 2.60 bits per heavy atom. The molecule has 1 N–H and O–H groups in total. The second-order valence-corrected chi connectivity index (χ2v) is 4.85. The number of ether oxygens (including phenoxy) is 1. The molecule has 0 aromatic heterocycles. The van der Waals surface area contributed by atoms with Crippen LogP contribution in [0.2, 0.25) is 0 Å². The molecular weight excluding hydrogens is 196 g/mol. The maximum atomic E-state index is 11.5. The third-order valence-corrected chi connectivity index (χ3v) is 2.23. The van der Waals surface area contributed by atoms with Crippen molar-refractivity contribution in [2.45, 2.75) is 26.9 Å². The number of likely N-dealkylation sites (N-methyl/N-ethyl adjacent to an activating group) is 1. The van der Waals surface area contributed by atoms with Gasteiger partial charge in [0.25, 0.3) is 0 Å². The van der Waals surface area contributed by atoms with Gasteiger partial charge in [-0.25, -0.2) is 4.79 Å². The van der Waals surface area contributed by atoms with Gasteiger partial charge in [0.15, 0.2) is 0 Å². The fourth-order valence-electron chi connectivity index (χ4n) is 1.23. The van der Waals surface area contributed by atoms with E-state index in [1.54, 1.807) is 7.05 Å². The van der Waals surface area contributed by atoms with Crippen molar-refractivity contribution in [1.82, 2.24) is 10.2 Å². The van der Waals surface area contributed by atoms with Crippen molar-refractivity contribution < 1.29 is 14.3 Å². The summed E-state index contributed by atoms with van der Waals surface area (Å²) in [5.41, 5.74) is -0.408. The van der Waals surface area contributed by atoms with Gasteiger partial charge in [0.05, 0.1) is 13.1 Å². The molecule has 2 amide bonds. The van der Waals surface area contributed by atoms with Gasteiger partial charge in [0.1, 0.15) is 6.10 Å². The maximum Gasteiger partial charge on any atom is 0.410 e. The van der Waals surface area contributed by atoms with E-state index in [4.69, 9.17) is 4.74 Å². The summed E-state index contributed by atoms with van der Waals surface area (Å²) in [5, 5.41) is 2.76. The smallest absolute Gasteiger partial charge is 0.410 e. The molecule has 0 saturated carbocycles. The van der Waals surface area contributed by atoms with Gasteiger partial charge in [0, 0.05) is 12.5 Å². The molecule has 15 heavy (non-hydrogen) atoms. The average Bonchev–Trinajstić information content (AvgIpc) is 2.41. The molecule has 0 aromatic carbocycles. The summed E-state index contributed by atoms with van der Waals surface area (Å²) in [6.07, 6.45) is -0.557. The highest BCUT2D eigenvalue weighted by Crippen LogP contribution is 2.13. The summed E-state index contributed by atoms with van der Waals surface area (Å²) in [6, 6.07) is 0. The van der Waals surface area contributed by atoms with Crippen LogP contribution in [0.1, 0.15) is 20.8 Å². The predicted octanol–water partition coefficient (Wildman–Crippen LogP) is 0.599. The summed E-state index contributed by atoms with van der Waals surface area (Å²) >= 11 is 0. The number of nitrogens with one attached hydrogen (secondary N) is 1. The van der Waals surface area contributed by atoms with Crippen LogP contribution in [0.15, 0.2) is 0 Å². The molecule has 1 unspecified atom stereocenters. The summed E-state index contributed by atoms with van der Waals surface area (Å²) in [4.78, 5) is 24.0. The highest BCUT2D eigenvalue weighted by atomic mass is 16.6. The molecule has 0 radical (unpaired) electrons. The van der Waals surface area contributed by atoms with Gasteiger partial charge in [-0.15, -0.1) is 0 Å². The highest BCUT2D eigenvalue weighted by molar-refractivity contribution is 5.81. The van der Waals surface area contributed by atoms with E-state index in [0.29, 0.717) is 13.1 Å². The molecule has 1 heterocycles. The Morgan fingerprint density at radius 2 is 2.20 bits per heavy atom. The average molecular weight is 214 g/mol. The fraction of sp³-hybridized carbons (Fsp3) is 0.800. The minimum atomic E-state index is -0.408. The Kier molecular flexibility index (Phi) is 3.21. The highest BCUT2D eigenvalue weighted by Gasteiger charge is 2.29. The topological polar surface area (TPSA) is 58.6 Å². The van der Waals surface area contributed by atoms with Crippen LogP contribution in [0.5, 0.6) is 0 Å². The van der Waals surface area contributed by atoms with Gasteiger partial charge < -0.3 is 15.0 Å². The van der Waals surface area contributed by atoms with Crippen molar-refractivity contribution in [3.05, 3.63) is 0 Å². The Labute approximate surface area is 89.8 Å². The van der Waals surface area contributed by atoms with Gasteiger partial charge in [-0.1, -0.05) is 20.8 Å². The van der Waals surface area contributed by atoms with Crippen molar-refractivity contribution in [3.8, 4) is 0 Å². The van der Waals surface area contributed by atoms with Crippen molar-refractivity contribution in [1.29, 1.82) is 0 Å². The first-order valence-electron chi connectivity index (χ1n) is 5.01. The maximum absolute atomic E-state index is 11.5. The summed E-state index contributed by atoms with van der Waals surface area (Å²) in [7, 11) is 1.67. The normalized spacial score (nSPS) is 21.5. The van der Waals surface area contributed by atoms with Crippen LogP contribution in [-0.2, 0) is 9.53 Å². The van der Waals surface area contributed by atoms with Crippen molar-refractivity contribution >= 4 is 12.0 Å². The number of rotatable bonds is 2. The monoisotopic (exact) mass is 214 g/mol. The molecule has 0 aromatic rings. The SMILES string of the molecule is CN1CC(CNC(=O)C(C)(C)C)OC1=O. The summed E-state index contributed by atoms with van der Waals surface area (Å²) < 4.78 is 5.01. The lowest BCUT2D eigenvalue weighted by atomic mass is 9.96. The third kappa shape index (κ3) is 3.11. The van der Waals surface area contributed by atoms with E-state index in [-0.39, 0.29) is 18.1 Å². The Morgan fingerprint density at radius 1 is 1.60 bits per heavy atom. The van der Waals surface area contributed by atoms with Crippen LogP contribution >= 0.6 is 0 Å². The van der Waals surface area contributed by atoms with Crippen LogP contribution in [0.4, 0.5) is 4.79 Å². The third-order valence-electron chi connectivity index (χ3n) is 2.23. The van der Waals surface area contributed by atoms with Crippen LogP contribution in [0, 0.1) is 5.41 Å². The first-order chi connectivity index (χ1) is 6.80. The Hall–Kier alpha value is -1.26. The molecule has 1 fully saturated rings. The lowest BCUT2D eigenvalue weighted by Gasteiger charge is -2.18. The van der Waals surface area contributed by atoms with E-state index in [2.05, 4.69) is 5.32 Å². The number of amides is 2. The number of hydrogen-bond acceptors (Lipinski definition) is 3. The summed E-state index contributed by atoms with van der Waals surface area (Å²) in [6.45, 7) is 6.44. The molecule has 1 aliphatic rings. The van der Waals surface area contributed by atoms with Gasteiger partial charge in [-0.3, -0.25) is 4.79 Å². The molecule has 1 atom stereocenters. The molecule has 0 aliphatic carbocycles. The minimum absolute atomic E-state index is 0.0342. The number of cyclic esters (lactones) is 1. The molecule has 0 spiro atoms. The molecule has 5 nitrogen and oxygen atoms in total. The van der Waals surface area contributed by atoms with Gasteiger partial charge in [-0.2, -0.15) is 0 Å². The van der Waals surface area contributed by atoms with Gasteiger partial charge in [-0.05, 0) is 0 Å². The zero-order chi connectivity index (χ0) is 11.6. The summed E-state index contributed by atoms with van der Waals surface area (Å²) in [5.74, 6) is -0.0342. The van der Waals surface area contributed by atoms with Crippen LogP contribution in [0.25, 0.3) is 0 Å². The Bertz CT molecular complexity index is 270. The quantitative estimate of drug-likeness (QED) is 0.732. The van der Waals surface area contributed by atoms with Crippen LogP contribution < -0.4 is 5.32 Å². The van der Waals surface area contributed by atoms with Crippen LogP contribution in [-0.4, -0.2) is 43.1 Å². The Balaban J connectivity index is 2.33. The molecule has 1 aliphatic heterocycles. The number of nitrogens with zero attached hydrogens (tertiary/aromatic N) is 1. The lowest BCUT2D eigenvalue weighted by Crippen LogP contribution is -2.40. The molecule has 1 rings (SSSR count). The largest absolute Gasteiger partial charge is 0.442 e. The van der Waals surface area contributed by atoms with Crippen molar-refractivity contribution in [3.63, 3.8) is 0 Å². The first-order valence-corrected chi connectivity index (χ1v) is 5.01. The minimum Gasteiger partial charge on any atom is -0.442 e. The van der Waals surface area contributed by atoms with E-state index < -0.39 is 5.41 Å². The first kappa shape index (κ1) is 11.8. The van der Waals surface area contributed by atoms with E-state index in [0.717, 1.165) is 0 Å². The predicted molar refractivity (Wildman–Crippen MR) is 55.4 cm³/mol. The van der Waals surface area contributed by atoms with Crippen molar-refractivity contribution in [2.75, 3.05) is 20.1 Å². The van der Waals surface area contributed by atoms with E-state index in [1.165, 1.54) is 4.90 Å². The molecular formula is C10H18N2O3. The van der Waals surface area contributed by atoms with E-state index in [9.17, 15) is 9.59 Å². The van der Waals surface area contributed by atoms with Crippen molar-refractivity contribution in [2.24, 2.45) is 5.41 Å². The zero-order valence-corrected chi connectivity index (χ0v) is 9.66. The number of carbonyl (C=O) groups excluding carboxylic acids is 2. The second-order valence-electron chi connectivity index (χ2n) is 4.85. The molecule has 5 heteroatoms. The van der Waals surface area contributed by atoms with E-state index >= 15 is 0 Å². The van der Waals surface area contributed by atoms with Gasteiger partial charge in [0.2, 0.25) is 5.91 Å². The van der Waals surface area contributed by atoms with Gasteiger partial charge >= 0.3 is 6.09 Å². The fourth-order valence-corrected chi connectivity index (χ4v) is 1.23.